The van der Waals surface area contributed by atoms with Crippen molar-refractivity contribution in [3.05, 3.63) is 65.6 Å². The summed E-state index contributed by atoms with van der Waals surface area (Å²) in [5.41, 5.74) is 0.673. The average Bonchev–Trinajstić information content (AvgIpc) is 2.88. The zero-order chi connectivity index (χ0) is 20.6. The fourth-order valence-electron chi connectivity index (χ4n) is 4.41. The Morgan fingerprint density at radius 1 is 1.10 bits per heavy atom. The molecular formula is C21H15F4N3O. The molecule has 1 spiro atoms. The molecule has 29 heavy (non-hydrogen) atoms. The normalized spacial score (nSPS) is 17.8. The lowest BCUT2D eigenvalue weighted by Gasteiger charge is -2.48. The van der Waals surface area contributed by atoms with Crippen LogP contribution in [0.5, 0.6) is 0 Å². The number of hydrogen-bond acceptors (Lipinski definition) is 3. The number of fused-ring (bicyclic) bond motifs is 4. The van der Waals surface area contributed by atoms with Crippen molar-refractivity contribution in [1.29, 1.82) is 0 Å². The summed E-state index contributed by atoms with van der Waals surface area (Å²) in [5, 5.41) is 0.685. The number of aromatic nitrogens is 1. The predicted octanol–water partition coefficient (Wildman–Crippen LogP) is 4.13. The van der Waals surface area contributed by atoms with Crippen molar-refractivity contribution >= 4 is 28.2 Å². The molecule has 0 saturated carbocycles. The van der Waals surface area contributed by atoms with Crippen LogP contribution < -0.4 is 9.80 Å². The van der Waals surface area contributed by atoms with Crippen LogP contribution >= 0.6 is 0 Å². The number of likely N-dealkylation sites (N-methyl/N-ethyl adjacent to an activating group) is 1. The Balaban J connectivity index is 1.57. The van der Waals surface area contributed by atoms with E-state index in [-0.39, 0.29) is 19.0 Å². The average molecular weight is 401 g/mol. The van der Waals surface area contributed by atoms with Crippen LogP contribution in [0, 0.1) is 5.82 Å². The van der Waals surface area contributed by atoms with E-state index in [9.17, 15) is 22.4 Å². The van der Waals surface area contributed by atoms with Gasteiger partial charge in [-0.3, -0.25) is 9.78 Å². The molecule has 1 fully saturated rings. The van der Waals surface area contributed by atoms with Crippen molar-refractivity contribution in [3.8, 4) is 0 Å². The molecule has 3 heterocycles. The highest BCUT2D eigenvalue weighted by Gasteiger charge is 2.58. The van der Waals surface area contributed by atoms with Gasteiger partial charge in [-0.15, -0.1) is 0 Å². The molecule has 2 aliphatic heterocycles. The molecule has 3 aromatic rings. The van der Waals surface area contributed by atoms with Gasteiger partial charge in [0.2, 0.25) is 5.91 Å². The molecule has 1 aromatic heterocycles. The zero-order valence-electron chi connectivity index (χ0n) is 15.3. The van der Waals surface area contributed by atoms with Crippen LogP contribution in [-0.2, 0) is 16.4 Å². The third kappa shape index (κ3) is 2.44. The monoisotopic (exact) mass is 401 g/mol. The molecule has 1 saturated heterocycles. The molecule has 0 unspecified atom stereocenters. The number of carbonyl (C=O) groups is 1. The summed E-state index contributed by atoms with van der Waals surface area (Å²) in [5.74, 6) is -0.551. The van der Waals surface area contributed by atoms with E-state index in [0.717, 1.165) is 17.7 Å². The van der Waals surface area contributed by atoms with Gasteiger partial charge in [0, 0.05) is 42.8 Å². The van der Waals surface area contributed by atoms with Gasteiger partial charge in [-0.1, -0.05) is 6.07 Å². The quantitative estimate of drug-likeness (QED) is 0.576. The largest absolute Gasteiger partial charge is 0.416 e. The second kappa shape index (κ2) is 5.68. The van der Waals surface area contributed by atoms with Crippen LogP contribution in [0.4, 0.5) is 28.9 Å². The summed E-state index contributed by atoms with van der Waals surface area (Å²) in [6, 6.07) is 9.33. The molecule has 0 N–H and O–H groups in total. The van der Waals surface area contributed by atoms with E-state index in [2.05, 4.69) is 4.98 Å². The first-order valence-corrected chi connectivity index (χ1v) is 9.00. The van der Waals surface area contributed by atoms with E-state index in [1.807, 2.05) is 0 Å². The van der Waals surface area contributed by atoms with Crippen molar-refractivity contribution < 1.29 is 22.4 Å². The minimum atomic E-state index is -4.43. The molecule has 148 valence electrons. The van der Waals surface area contributed by atoms with Crippen molar-refractivity contribution in [2.45, 2.75) is 11.6 Å². The number of benzene rings is 2. The van der Waals surface area contributed by atoms with Crippen molar-refractivity contribution in [2.24, 2.45) is 0 Å². The maximum absolute atomic E-state index is 13.6. The predicted molar refractivity (Wildman–Crippen MR) is 100 cm³/mol. The van der Waals surface area contributed by atoms with Crippen LogP contribution in [0.3, 0.4) is 0 Å². The number of amides is 1. The molecule has 2 aromatic carbocycles. The van der Waals surface area contributed by atoms with E-state index in [1.165, 1.54) is 23.1 Å². The number of nitrogens with zero attached hydrogens (tertiary/aromatic N) is 3. The summed E-state index contributed by atoms with van der Waals surface area (Å²) in [7, 11) is 1.65. The Hall–Kier alpha value is -3.16. The number of rotatable bonds is 1. The maximum atomic E-state index is 13.6. The van der Waals surface area contributed by atoms with E-state index in [1.54, 1.807) is 30.3 Å². The van der Waals surface area contributed by atoms with Crippen LogP contribution in [0.1, 0.15) is 11.1 Å². The highest BCUT2D eigenvalue weighted by molar-refractivity contribution is 6.14. The number of carbonyl (C=O) groups excluding carboxylic acids is 1. The first kappa shape index (κ1) is 17.9. The molecule has 0 radical (unpaired) electrons. The van der Waals surface area contributed by atoms with Gasteiger partial charge in [0.25, 0.3) is 0 Å². The summed E-state index contributed by atoms with van der Waals surface area (Å²) in [6.07, 6.45) is -2.88. The summed E-state index contributed by atoms with van der Waals surface area (Å²) in [6.45, 7) is 0.502. The Kier molecular flexibility index (Phi) is 3.51. The van der Waals surface area contributed by atoms with Crippen LogP contribution in [0.15, 0.2) is 48.7 Å². The SMILES string of the molecule is CN1C(=O)C2(CN(c3cccc(C(F)(F)F)c3)C2)c2c1cnc1cc(F)ccc21. The minimum Gasteiger partial charge on any atom is -0.369 e. The van der Waals surface area contributed by atoms with Gasteiger partial charge in [0.05, 0.1) is 23.0 Å². The second-order valence-electron chi connectivity index (χ2n) is 7.53. The second-order valence-corrected chi connectivity index (χ2v) is 7.53. The van der Waals surface area contributed by atoms with Gasteiger partial charge >= 0.3 is 6.18 Å². The first-order chi connectivity index (χ1) is 13.7. The van der Waals surface area contributed by atoms with E-state index < -0.39 is 23.0 Å². The van der Waals surface area contributed by atoms with Gasteiger partial charge < -0.3 is 9.80 Å². The molecule has 8 heteroatoms. The molecule has 5 rings (SSSR count). The van der Waals surface area contributed by atoms with Crippen molar-refractivity contribution in [1.82, 2.24) is 4.98 Å². The first-order valence-electron chi connectivity index (χ1n) is 9.00. The lowest BCUT2D eigenvalue weighted by Crippen LogP contribution is -2.64. The fourth-order valence-corrected chi connectivity index (χ4v) is 4.41. The Bertz CT molecular complexity index is 1170. The molecular weight excluding hydrogens is 386 g/mol. The number of alkyl halides is 3. The van der Waals surface area contributed by atoms with Crippen LogP contribution in [0.25, 0.3) is 10.9 Å². The molecule has 0 bridgehead atoms. The molecule has 2 aliphatic rings. The number of hydrogen-bond donors (Lipinski definition) is 0. The number of anilines is 2. The molecule has 0 atom stereocenters. The zero-order valence-corrected chi connectivity index (χ0v) is 15.3. The standard InChI is InChI=1S/C21H15F4N3O/c1-27-17-9-26-16-8-13(22)5-6-15(16)18(17)20(19(27)29)10-28(11-20)14-4-2-3-12(7-14)21(23,24)25/h2-9H,10-11H2,1H3. The van der Waals surface area contributed by atoms with E-state index >= 15 is 0 Å². The Morgan fingerprint density at radius 3 is 2.59 bits per heavy atom. The van der Waals surface area contributed by atoms with Gasteiger partial charge in [-0.05, 0) is 30.3 Å². The van der Waals surface area contributed by atoms with Gasteiger partial charge in [0.1, 0.15) is 11.2 Å². The summed E-state index contributed by atoms with van der Waals surface area (Å²) >= 11 is 0. The lowest BCUT2D eigenvalue weighted by atomic mass is 9.73. The third-order valence-corrected chi connectivity index (χ3v) is 5.83. The van der Waals surface area contributed by atoms with Gasteiger partial charge in [0.15, 0.2) is 0 Å². The highest BCUT2D eigenvalue weighted by atomic mass is 19.4. The van der Waals surface area contributed by atoms with Crippen LogP contribution in [-0.4, -0.2) is 31.0 Å². The Morgan fingerprint density at radius 2 is 1.86 bits per heavy atom. The van der Waals surface area contributed by atoms with E-state index in [0.29, 0.717) is 22.3 Å². The maximum Gasteiger partial charge on any atom is 0.416 e. The molecule has 0 aliphatic carbocycles. The van der Waals surface area contributed by atoms with Crippen molar-refractivity contribution in [3.63, 3.8) is 0 Å². The number of pyridine rings is 1. The van der Waals surface area contributed by atoms with Gasteiger partial charge in [-0.2, -0.15) is 13.2 Å². The van der Waals surface area contributed by atoms with E-state index in [4.69, 9.17) is 0 Å². The van der Waals surface area contributed by atoms with Crippen LogP contribution in [0.2, 0.25) is 0 Å². The highest BCUT2D eigenvalue weighted by Crippen LogP contribution is 2.50. The van der Waals surface area contributed by atoms with Gasteiger partial charge in [-0.25, -0.2) is 4.39 Å². The molecule has 4 nitrogen and oxygen atoms in total. The third-order valence-electron chi connectivity index (χ3n) is 5.83. The molecule has 1 amide bonds. The summed E-state index contributed by atoms with van der Waals surface area (Å²) < 4.78 is 52.8. The summed E-state index contributed by atoms with van der Waals surface area (Å²) in [4.78, 5) is 20.6. The fraction of sp³-hybridized carbons (Fsp3) is 0.238. The van der Waals surface area contributed by atoms with Crippen molar-refractivity contribution in [2.75, 3.05) is 29.9 Å². The Labute approximate surface area is 163 Å². The smallest absolute Gasteiger partial charge is 0.369 e. The topological polar surface area (TPSA) is 36.4 Å². The lowest BCUT2D eigenvalue weighted by molar-refractivity contribution is -0.137. The minimum absolute atomic E-state index is 0.130. The number of halogens is 4.